The highest BCUT2D eigenvalue weighted by Crippen LogP contribution is 2.29. The molecule has 0 aromatic heterocycles. The van der Waals surface area contributed by atoms with E-state index in [1.54, 1.807) is 0 Å². The summed E-state index contributed by atoms with van der Waals surface area (Å²) in [4.78, 5) is 2.49. The molecule has 1 aliphatic rings. The van der Waals surface area contributed by atoms with Gasteiger partial charge in [0.15, 0.2) is 0 Å². The molecule has 1 aromatic rings. The van der Waals surface area contributed by atoms with Crippen LogP contribution in [0.4, 0.5) is 5.69 Å². The number of nitrogens with zero attached hydrogens (tertiary/aromatic N) is 1. The topological polar surface area (TPSA) is 29.3 Å². The zero-order valence-electron chi connectivity index (χ0n) is 11.3. The van der Waals surface area contributed by atoms with E-state index in [0.29, 0.717) is 0 Å². The van der Waals surface area contributed by atoms with Crippen LogP contribution >= 0.6 is 15.9 Å². The van der Waals surface area contributed by atoms with E-state index in [1.807, 2.05) is 6.92 Å². The summed E-state index contributed by atoms with van der Waals surface area (Å²) in [6.45, 7) is 6.73. The maximum absolute atomic E-state index is 5.86. The molecule has 1 fully saturated rings. The number of anilines is 1. The summed E-state index contributed by atoms with van der Waals surface area (Å²) in [5.41, 5.74) is 8.50. The van der Waals surface area contributed by atoms with Crippen molar-refractivity contribution >= 4 is 21.6 Å². The van der Waals surface area contributed by atoms with E-state index in [-0.39, 0.29) is 6.04 Å². The van der Waals surface area contributed by atoms with Gasteiger partial charge in [0.1, 0.15) is 0 Å². The Balaban J connectivity index is 2.09. The molecular weight excluding hydrogens is 288 g/mol. The van der Waals surface area contributed by atoms with Crippen molar-refractivity contribution < 1.29 is 0 Å². The van der Waals surface area contributed by atoms with Crippen LogP contribution in [-0.4, -0.2) is 19.1 Å². The lowest BCUT2D eigenvalue weighted by Gasteiger charge is -2.20. The van der Waals surface area contributed by atoms with Crippen molar-refractivity contribution in [3.05, 3.63) is 28.2 Å². The molecule has 2 nitrogen and oxygen atoms in total. The van der Waals surface area contributed by atoms with Crippen LogP contribution in [0, 0.1) is 5.92 Å². The molecule has 100 valence electrons. The molecule has 3 heteroatoms. The van der Waals surface area contributed by atoms with Crippen molar-refractivity contribution in [2.24, 2.45) is 11.7 Å². The smallest absolute Gasteiger partial charge is 0.0377 e. The standard InChI is InChI=1S/C15H23BrN2/c1-3-12-6-7-18(10-12)14-5-4-13(8-11(2)17)15(16)9-14/h4-5,9,11-12H,3,6-8,10,17H2,1-2H3. The predicted octanol–water partition coefficient (Wildman–Crippen LogP) is 3.58. The molecule has 1 aliphatic heterocycles. The maximum Gasteiger partial charge on any atom is 0.0377 e. The highest BCUT2D eigenvalue weighted by Gasteiger charge is 2.21. The molecule has 2 atom stereocenters. The van der Waals surface area contributed by atoms with Crippen molar-refractivity contribution in [2.75, 3.05) is 18.0 Å². The Bertz CT molecular complexity index is 403. The largest absolute Gasteiger partial charge is 0.371 e. The molecule has 2 unspecified atom stereocenters. The summed E-state index contributed by atoms with van der Waals surface area (Å²) in [6, 6.07) is 6.90. The van der Waals surface area contributed by atoms with Crippen molar-refractivity contribution in [2.45, 2.75) is 39.2 Å². The van der Waals surface area contributed by atoms with Gasteiger partial charge in [0.2, 0.25) is 0 Å². The molecular formula is C15H23BrN2. The minimum absolute atomic E-state index is 0.211. The van der Waals surface area contributed by atoms with E-state index in [0.717, 1.165) is 12.3 Å². The second kappa shape index (κ2) is 6.07. The average molecular weight is 311 g/mol. The molecule has 0 amide bonds. The quantitative estimate of drug-likeness (QED) is 0.921. The predicted molar refractivity (Wildman–Crippen MR) is 82.1 cm³/mol. The zero-order valence-corrected chi connectivity index (χ0v) is 12.9. The fourth-order valence-electron chi connectivity index (χ4n) is 2.65. The molecule has 18 heavy (non-hydrogen) atoms. The van der Waals surface area contributed by atoms with Gasteiger partial charge in [-0.15, -0.1) is 0 Å². The van der Waals surface area contributed by atoms with Crippen molar-refractivity contribution in [3.8, 4) is 0 Å². The Morgan fingerprint density at radius 1 is 1.50 bits per heavy atom. The van der Waals surface area contributed by atoms with Crippen LogP contribution in [0.2, 0.25) is 0 Å². The summed E-state index contributed by atoms with van der Waals surface area (Å²) in [5, 5.41) is 0. The molecule has 2 rings (SSSR count). The third-order valence-electron chi connectivity index (χ3n) is 3.81. The highest BCUT2D eigenvalue weighted by molar-refractivity contribution is 9.10. The number of hydrogen-bond acceptors (Lipinski definition) is 2. The third kappa shape index (κ3) is 3.27. The van der Waals surface area contributed by atoms with Gasteiger partial charge in [0, 0.05) is 29.3 Å². The molecule has 0 radical (unpaired) electrons. The summed E-state index contributed by atoms with van der Waals surface area (Å²) in [5.74, 6) is 0.868. The summed E-state index contributed by atoms with van der Waals surface area (Å²) in [6.07, 6.45) is 3.55. The summed E-state index contributed by atoms with van der Waals surface area (Å²) >= 11 is 3.67. The molecule has 0 bridgehead atoms. The van der Waals surface area contributed by atoms with Crippen LogP contribution in [0.25, 0.3) is 0 Å². The Morgan fingerprint density at radius 3 is 2.83 bits per heavy atom. The van der Waals surface area contributed by atoms with E-state index in [2.05, 4.69) is 46.0 Å². The molecule has 0 spiro atoms. The first-order chi connectivity index (χ1) is 8.60. The lowest BCUT2D eigenvalue weighted by molar-refractivity contribution is 0.569. The van der Waals surface area contributed by atoms with Crippen LogP contribution in [0.3, 0.4) is 0 Å². The van der Waals surface area contributed by atoms with Crippen LogP contribution < -0.4 is 10.6 Å². The van der Waals surface area contributed by atoms with Gasteiger partial charge >= 0.3 is 0 Å². The van der Waals surface area contributed by atoms with Gasteiger partial charge in [-0.3, -0.25) is 0 Å². The summed E-state index contributed by atoms with van der Waals surface area (Å²) in [7, 11) is 0. The molecule has 1 heterocycles. The summed E-state index contributed by atoms with van der Waals surface area (Å²) < 4.78 is 1.19. The van der Waals surface area contributed by atoms with E-state index in [9.17, 15) is 0 Å². The fourth-order valence-corrected chi connectivity index (χ4v) is 3.17. The van der Waals surface area contributed by atoms with Crippen LogP contribution in [-0.2, 0) is 6.42 Å². The number of hydrogen-bond donors (Lipinski definition) is 1. The van der Waals surface area contributed by atoms with Gasteiger partial charge in [-0.1, -0.05) is 35.3 Å². The third-order valence-corrected chi connectivity index (χ3v) is 4.55. The van der Waals surface area contributed by atoms with Gasteiger partial charge in [0.25, 0.3) is 0 Å². The van der Waals surface area contributed by atoms with E-state index >= 15 is 0 Å². The lowest BCUT2D eigenvalue weighted by atomic mass is 10.1. The Kier molecular flexibility index (Phi) is 4.68. The molecule has 0 saturated carbocycles. The molecule has 0 aliphatic carbocycles. The van der Waals surface area contributed by atoms with Gasteiger partial charge in [-0.2, -0.15) is 0 Å². The minimum Gasteiger partial charge on any atom is -0.371 e. The van der Waals surface area contributed by atoms with Crippen LogP contribution in [0.15, 0.2) is 22.7 Å². The van der Waals surface area contributed by atoms with Crippen LogP contribution in [0.1, 0.15) is 32.3 Å². The Labute approximate surface area is 119 Å². The zero-order chi connectivity index (χ0) is 13.1. The van der Waals surface area contributed by atoms with E-state index < -0.39 is 0 Å². The van der Waals surface area contributed by atoms with Gasteiger partial charge in [-0.05, 0) is 43.4 Å². The maximum atomic E-state index is 5.86. The molecule has 2 N–H and O–H groups in total. The first kappa shape index (κ1) is 13.9. The SMILES string of the molecule is CCC1CCN(c2ccc(CC(C)N)c(Br)c2)C1. The van der Waals surface area contributed by atoms with Crippen LogP contribution in [0.5, 0.6) is 0 Å². The molecule has 1 aromatic carbocycles. The number of nitrogens with two attached hydrogens (primary N) is 1. The van der Waals surface area contributed by atoms with Crippen molar-refractivity contribution in [1.29, 1.82) is 0 Å². The fraction of sp³-hybridized carbons (Fsp3) is 0.600. The van der Waals surface area contributed by atoms with Gasteiger partial charge in [-0.25, -0.2) is 0 Å². The second-order valence-corrected chi connectivity index (χ2v) is 6.32. The minimum atomic E-state index is 0.211. The lowest BCUT2D eigenvalue weighted by Crippen LogP contribution is -2.20. The molecule has 1 saturated heterocycles. The van der Waals surface area contributed by atoms with E-state index in [4.69, 9.17) is 5.73 Å². The average Bonchev–Trinajstić information content (AvgIpc) is 2.80. The van der Waals surface area contributed by atoms with Gasteiger partial charge < -0.3 is 10.6 Å². The normalized spacial score (nSPS) is 21.3. The Morgan fingerprint density at radius 2 is 2.28 bits per heavy atom. The first-order valence-electron chi connectivity index (χ1n) is 6.89. The van der Waals surface area contributed by atoms with Gasteiger partial charge in [0.05, 0.1) is 0 Å². The van der Waals surface area contributed by atoms with Crippen molar-refractivity contribution in [3.63, 3.8) is 0 Å². The first-order valence-corrected chi connectivity index (χ1v) is 7.68. The van der Waals surface area contributed by atoms with E-state index in [1.165, 1.54) is 41.7 Å². The Hall–Kier alpha value is -0.540. The second-order valence-electron chi connectivity index (χ2n) is 5.47. The monoisotopic (exact) mass is 310 g/mol. The number of rotatable bonds is 4. The number of benzene rings is 1. The number of halogens is 1. The highest BCUT2D eigenvalue weighted by atomic mass is 79.9. The van der Waals surface area contributed by atoms with Crippen molar-refractivity contribution in [1.82, 2.24) is 0 Å².